The Hall–Kier alpha value is -2.29. The van der Waals surface area contributed by atoms with Crippen LogP contribution in [0.4, 0.5) is 0 Å². The zero-order chi connectivity index (χ0) is 14.4. The summed E-state index contributed by atoms with van der Waals surface area (Å²) in [6, 6.07) is 17.6. The van der Waals surface area contributed by atoms with Crippen molar-refractivity contribution in [2.75, 3.05) is 0 Å². The van der Waals surface area contributed by atoms with E-state index < -0.39 is 0 Å². The second-order valence-electron chi connectivity index (χ2n) is 5.60. The lowest BCUT2D eigenvalue weighted by Crippen LogP contribution is -2.31. The van der Waals surface area contributed by atoms with E-state index in [1.807, 2.05) is 54.6 Å². The second kappa shape index (κ2) is 6.24. The normalized spacial score (nSPS) is 11.6. The maximum absolute atomic E-state index is 5.73. The Balaban J connectivity index is 1.96. The molecule has 0 radical (unpaired) electrons. The van der Waals surface area contributed by atoms with Crippen LogP contribution in [0.25, 0.3) is 0 Å². The molecule has 2 rings (SSSR count). The van der Waals surface area contributed by atoms with E-state index >= 15 is 0 Å². The zero-order valence-electron chi connectivity index (χ0n) is 12.1. The van der Waals surface area contributed by atoms with E-state index in [0.29, 0.717) is 0 Å². The number of nitrogens with zero attached hydrogens (tertiary/aromatic N) is 1. The molecular formula is C17H20N2O. The number of hydrazone groups is 1. The van der Waals surface area contributed by atoms with Gasteiger partial charge >= 0.3 is 0 Å². The first-order valence-electron chi connectivity index (χ1n) is 6.66. The summed E-state index contributed by atoms with van der Waals surface area (Å²) < 4.78 is 5.73. The lowest BCUT2D eigenvalue weighted by Gasteiger charge is -2.16. The fourth-order valence-electron chi connectivity index (χ4n) is 1.55. The highest BCUT2D eigenvalue weighted by Gasteiger charge is 2.05. The van der Waals surface area contributed by atoms with Crippen LogP contribution in [0, 0.1) is 0 Å². The molecule has 20 heavy (non-hydrogen) atoms. The molecule has 0 aliphatic carbocycles. The van der Waals surface area contributed by atoms with E-state index in [1.165, 1.54) is 0 Å². The summed E-state index contributed by atoms with van der Waals surface area (Å²) in [6.07, 6.45) is 1.80. The van der Waals surface area contributed by atoms with E-state index in [2.05, 4.69) is 31.3 Å². The van der Waals surface area contributed by atoms with Gasteiger partial charge in [-0.15, -0.1) is 0 Å². The van der Waals surface area contributed by atoms with Crippen LogP contribution < -0.4 is 10.2 Å². The smallest absolute Gasteiger partial charge is 0.127 e. The van der Waals surface area contributed by atoms with E-state index in [0.717, 1.165) is 17.1 Å². The first-order chi connectivity index (χ1) is 9.53. The van der Waals surface area contributed by atoms with Gasteiger partial charge in [0.2, 0.25) is 0 Å². The lowest BCUT2D eigenvalue weighted by molar-refractivity contribution is 0.442. The van der Waals surface area contributed by atoms with Crippen LogP contribution in [-0.4, -0.2) is 11.8 Å². The third-order valence-corrected chi connectivity index (χ3v) is 2.47. The summed E-state index contributed by atoms with van der Waals surface area (Å²) in [7, 11) is 0. The van der Waals surface area contributed by atoms with Gasteiger partial charge in [0.05, 0.1) is 6.21 Å². The number of hydrogen-bond donors (Lipinski definition) is 1. The van der Waals surface area contributed by atoms with Gasteiger partial charge < -0.3 is 10.2 Å². The summed E-state index contributed by atoms with van der Waals surface area (Å²) in [5, 5.41) is 4.21. The fourth-order valence-corrected chi connectivity index (χ4v) is 1.55. The van der Waals surface area contributed by atoms with E-state index in [4.69, 9.17) is 4.74 Å². The molecule has 104 valence electrons. The molecule has 0 bridgehead atoms. The van der Waals surface area contributed by atoms with Crippen LogP contribution in [0.15, 0.2) is 59.7 Å². The molecule has 0 unspecified atom stereocenters. The highest BCUT2D eigenvalue weighted by molar-refractivity contribution is 5.79. The Bertz CT molecular complexity index is 554. The monoisotopic (exact) mass is 268 g/mol. The van der Waals surface area contributed by atoms with Crippen molar-refractivity contribution in [3.8, 4) is 11.5 Å². The van der Waals surface area contributed by atoms with Crippen molar-refractivity contribution in [1.82, 2.24) is 5.43 Å². The summed E-state index contributed by atoms with van der Waals surface area (Å²) in [6.45, 7) is 6.21. The van der Waals surface area contributed by atoms with Gasteiger partial charge in [-0.05, 0) is 62.7 Å². The first kappa shape index (κ1) is 14.1. The maximum atomic E-state index is 5.73. The molecule has 0 atom stereocenters. The number of hydrogen-bond acceptors (Lipinski definition) is 3. The molecule has 2 aromatic carbocycles. The van der Waals surface area contributed by atoms with Gasteiger partial charge in [-0.2, -0.15) is 5.10 Å². The molecule has 3 heteroatoms. The zero-order valence-corrected chi connectivity index (χ0v) is 12.1. The molecule has 0 fully saturated rings. The molecule has 0 saturated heterocycles. The summed E-state index contributed by atoms with van der Waals surface area (Å²) in [5.41, 5.74) is 4.07. The molecule has 1 N–H and O–H groups in total. The van der Waals surface area contributed by atoms with Crippen LogP contribution in [0.3, 0.4) is 0 Å². The Kier molecular flexibility index (Phi) is 4.41. The Morgan fingerprint density at radius 2 is 1.50 bits per heavy atom. The molecule has 0 amide bonds. The molecule has 3 nitrogen and oxygen atoms in total. The third kappa shape index (κ3) is 4.76. The minimum atomic E-state index is -0.0210. The van der Waals surface area contributed by atoms with Crippen LogP contribution in [-0.2, 0) is 0 Å². The topological polar surface area (TPSA) is 33.6 Å². The van der Waals surface area contributed by atoms with Crippen molar-refractivity contribution in [2.45, 2.75) is 26.3 Å². The standard InChI is InChI=1S/C17H20N2O/c1-17(2,3)19-18-13-14-9-11-16(12-10-14)20-15-7-5-4-6-8-15/h4-13,19H,1-3H3/b18-13-. The van der Waals surface area contributed by atoms with Crippen LogP contribution in [0.2, 0.25) is 0 Å². The number of para-hydroxylation sites is 1. The minimum Gasteiger partial charge on any atom is -0.457 e. The Morgan fingerprint density at radius 1 is 0.900 bits per heavy atom. The molecule has 2 aromatic rings. The average Bonchev–Trinajstić information content (AvgIpc) is 2.41. The molecule has 0 saturated carbocycles. The number of ether oxygens (including phenoxy) is 1. The maximum Gasteiger partial charge on any atom is 0.127 e. The summed E-state index contributed by atoms with van der Waals surface area (Å²) in [4.78, 5) is 0. The molecule has 0 aliphatic rings. The van der Waals surface area contributed by atoms with Crippen LogP contribution in [0.5, 0.6) is 11.5 Å². The fraction of sp³-hybridized carbons (Fsp3) is 0.235. The van der Waals surface area contributed by atoms with Crippen molar-refractivity contribution < 1.29 is 4.74 Å². The van der Waals surface area contributed by atoms with Gasteiger partial charge in [-0.1, -0.05) is 18.2 Å². The van der Waals surface area contributed by atoms with Gasteiger partial charge in [0.15, 0.2) is 0 Å². The average molecular weight is 268 g/mol. The quantitative estimate of drug-likeness (QED) is 0.666. The van der Waals surface area contributed by atoms with Crippen molar-refractivity contribution >= 4 is 6.21 Å². The van der Waals surface area contributed by atoms with Gasteiger partial charge in [0, 0.05) is 5.54 Å². The molecule has 0 aromatic heterocycles. The van der Waals surface area contributed by atoms with Gasteiger partial charge in [0.1, 0.15) is 11.5 Å². The number of rotatable bonds is 4. The predicted octanol–water partition coefficient (Wildman–Crippen LogP) is 4.20. The first-order valence-corrected chi connectivity index (χ1v) is 6.66. The van der Waals surface area contributed by atoms with Crippen LogP contribution >= 0.6 is 0 Å². The van der Waals surface area contributed by atoms with Gasteiger partial charge in [-0.3, -0.25) is 0 Å². The van der Waals surface area contributed by atoms with Gasteiger partial charge in [-0.25, -0.2) is 0 Å². The summed E-state index contributed by atoms with van der Waals surface area (Å²) >= 11 is 0. The number of benzene rings is 2. The third-order valence-electron chi connectivity index (χ3n) is 2.47. The Morgan fingerprint density at radius 3 is 2.10 bits per heavy atom. The predicted molar refractivity (Wildman–Crippen MR) is 83.4 cm³/mol. The minimum absolute atomic E-state index is 0.0210. The lowest BCUT2D eigenvalue weighted by atomic mass is 10.1. The molecule has 0 aliphatic heterocycles. The summed E-state index contributed by atoms with van der Waals surface area (Å²) in [5.74, 6) is 1.65. The molecule has 0 spiro atoms. The van der Waals surface area contributed by atoms with Gasteiger partial charge in [0.25, 0.3) is 0 Å². The molecular weight excluding hydrogens is 248 g/mol. The van der Waals surface area contributed by atoms with Crippen molar-refractivity contribution in [1.29, 1.82) is 0 Å². The number of nitrogens with one attached hydrogen (secondary N) is 1. The van der Waals surface area contributed by atoms with Crippen molar-refractivity contribution in [3.05, 3.63) is 60.2 Å². The SMILES string of the molecule is CC(C)(C)N/N=C\c1ccc(Oc2ccccc2)cc1. The van der Waals surface area contributed by atoms with Crippen molar-refractivity contribution in [2.24, 2.45) is 5.10 Å². The van der Waals surface area contributed by atoms with E-state index in [-0.39, 0.29) is 5.54 Å². The molecule has 0 heterocycles. The van der Waals surface area contributed by atoms with E-state index in [1.54, 1.807) is 6.21 Å². The van der Waals surface area contributed by atoms with E-state index in [9.17, 15) is 0 Å². The highest BCUT2D eigenvalue weighted by Crippen LogP contribution is 2.20. The van der Waals surface area contributed by atoms with Crippen molar-refractivity contribution in [3.63, 3.8) is 0 Å². The largest absolute Gasteiger partial charge is 0.457 e. The Labute approximate surface area is 120 Å². The van der Waals surface area contributed by atoms with Crippen LogP contribution in [0.1, 0.15) is 26.3 Å². The highest BCUT2D eigenvalue weighted by atomic mass is 16.5. The second-order valence-corrected chi connectivity index (χ2v) is 5.60.